The van der Waals surface area contributed by atoms with E-state index in [1.165, 1.54) is 10.4 Å². The van der Waals surface area contributed by atoms with Gasteiger partial charge in [-0.2, -0.15) is 12.7 Å². The number of hydrogen-bond acceptors (Lipinski definition) is 5. The van der Waals surface area contributed by atoms with E-state index in [4.69, 9.17) is 9.72 Å². The zero-order valence-corrected chi connectivity index (χ0v) is 21.9. The number of imidazole rings is 1. The first kappa shape index (κ1) is 25.9. The van der Waals surface area contributed by atoms with Gasteiger partial charge in [0.15, 0.2) is 0 Å². The Bertz CT molecular complexity index is 1470. The molecule has 10 heteroatoms. The van der Waals surface area contributed by atoms with Crippen molar-refractivity contribution < 1.29 is 17.5 Å². The lowest BCUT2D eigenvalue weighted by molar-refractivity contribution is 0.377. The second-order valence-corrected chi connectivity index (χ2v) is 10.7. The molecular weight excluding hydrogens is 505 g/mol. The average Bonchev–Trinajstić information content (AvgIpc) is 3.38. The van der Waals surface area contributed by atoms with Crippen LogP contribution in [0.4, 0.5) is 10.1 Å². The molecular formula is C28H30FN5O3S. The topological polar surface area (TPSA) is 90.6 Å². The monoisotopic (exact) mass is 535 g/mol. The van der Waals surface area contributed by atoms with Gasteiger partial charge in [0.1, 0.15) is 17.4 Å². The quantitative estimate of drug-likeness (QED) is 0.337. The van der Waals surface area contributed by atoms with Gasteiger partial charge >= 0.3 is 0 Å². The summed E-state index contributed by atoms with van der Waals surface area (Å²) in [5.41, 5.74) is 3.98. The SMILES string of the molecule is COc1ccc(-c2[nH]c(-c3ccccc3)nc2CCNS(=O)(=O)N2CCN(c3ccccc3F)CC2)cc1. The Hall–Kier alpha value is -3.73. The number of H-pyrrole nitrogens is 1. The highest BCUT2D eigenvalue weighted by Crippen LogP contribution is 2.28. The summed E-state index contributed by atoms with van der Waals surface area (Å²) in [6, 6.07) is 24.0. The van der Waals surface area contributed by atoms with Gasteiger partial charge in [0.25, 0.3) is 10.2 Å². The first-order valence-electron chi connectivity index (χ1n) is 12.5. The number of para-hydroxylation sites is 1. The first-order valence-corrected chi connectivity index (χ1v) is 13.9. The van der Waals surface area contributed by atoms with Crippen LogP contribution in [0.1, 0.15) is 5.69 Å². The molecule has 1 aliphatic heterocycles. The summed E-state index contributed by atoms with van der Waals surface area (Å²) in [7, 11) is -2.07. The highest BCUT2D eigenvalue weighted by atomic mass is 32.2. The molecule has 0 unspecified atom stereocenters. The number of benzene rings is 3. The van der Waals surface area contributed by atoms with Crippen molar-refractivity contribution in [3.05, 3.63) is 90.4 Å². The molecule has 5 rings (SSSR count). The Labute approximate surface area is 222 Å². The third-order valence-corrected chi connectivity index (χ3v) is 8.24. The van der Waals surface area contributed by atoms with Gasteiger partial charge in [-0.3, -0.25) is 0 Å². The van der Waals surface area contributed by atoms with Crippen molar-refractivity contribution in [3.8, 4) is 28.4 Å². The van der Waals surface area contributed by atoms with E-state index in [9.17, 15) is 12.8 Å². The Morgan fingerprint density at radius 3 is 2.29 bits per heavy atom. The van der Waals surface area contributed by atoms with Crippen LogP contribution in [-0.4, -0.2) is 62.5 Å². The zero-order valence-electron chi connectivity index (χ0n) is 21.1. The standard InChI is InChI=1S/C28H30FN5O3S/c1-37-23-13-11-21(12-14-23)27-25(31-28(32-27)22-7-3-2-4-8-22)15-16-30-38(35,36)34-19-17-33(18-20-34)26-10-6-5-9-24(26)29/h2-14,30H,15-20H2,1H3,(H,31,32). The van der Waals surface area contributed by atoms with Gasteiger partial charge < -0.3 is 14.6 Å². The molecule has 0 atom stereocenters. The maximum absolute atomic E-state index is 14.1. The predicted octanol–water partition coefficient (Wildman–Crippen LogP) is 4.09. The van der Waals surface area contributed by atoms with Gasteiger partial charge in [0.2, 0.25) is 0 Å². The summed E-state index contributed by atoms with van der Waals surface area (Å²) >= 11 is 0. The minimum atomic E-state index is -3.69. The Balaban J connectivity index is 1.26. The van der Waals surface area contributed by atoms with Crippen LogP contribution in [0.25, 0.3) is 22.6 Å². The van der Waals surface area contributed by atoms with Crippen molar-refractivity contribution in [2.24, 2.45) is 0 Å². The fourth-order valence-corrected chi connectivity index (χ4v) is 5.77. The lowest BCUT2D eigenvalue weighted by Gasteiger charge is -2.35. The summed E-state index contributed by atoms with van der Waals surface area (Å²) in [5.74, 6) is 1.17. The molecule has 1 saturated heterocycles. The van der Waals surface area contributed by atoms with E-state index in [0.29, 0.717) is 25.2 Å². The van der Waals surface area contributed by atoms with Gasteiger partial charge in [0, 0.05) is 50.3 Å². The van der Waals surface area contributed by atoms with Crippen molar-refractivity contribution in [3.63, 3.8) is 0 Å². The van der Waals surface area contributed by atoms with E-state index in [-0.39, 0.29) is 25.5 Å². The van der Waals surface area contributed by atoms with E-state index in [1.54, 1.807) is 25.3 Å². The van der Waals surface area contributed by atoms with E-state index in [0.717, 1.165) is 34.1 Å². The zero-order chi connectivity index (χ0) is 26.5. The number of aromatic nitrogens is 2. The van der Waals surface area contributed by atoms with Gasteiger partial charge in [-0.25, -0.2) is 14.1 Å². The molecule has 8 nitrogen and oxygen atoms in total. The number of hydrogen-bond donors (Lipinski definition) is 2. The Morgan fingerprint density at radius 2 is 1.61 bits per heavy atom. The molecule has 2 heterocycles. The molecule has 0 bridgehead atoms. The van der Waals surface area contributed by atoms with Gasteiger partial charge in [-0.05, 0) is 36.4 Å². The minimum absolute atomic E-state index is 0.193. The lowest BCUT2D eigenvalue weighted by atomic mass is 10.1. The third-order valence-electron chi connectivity index (χ3n) is 6.62. The van der Waals surface area contributed by atoms with Crippen LogP contribution < -0.4 is 14.4 Å². The number of halogens is 1. The van der Waals surface area contributed by atoms with Crippen molar-refractivity contribution in [2.45, 2.75) is 6.42 Å². The molecule has 1 fully saturated rings. The van der Waals surface area contributed by atoms with E-state index >= 15 is 0 Å². The van der Waals surface area contributed by atoms with Crippen molar-refractivity contribution >= 4 is 15.9 Å². The largest absolute Gasteiger partial charge is 0.497 e. The summed E-state index contributed by atoms with van der Waals surface area (Å²) in [4.78, 5) is 10.1. The molecule has 0 saturated carbocycles. The number of aromatic amines is 1. The predicted molar refractivity (Wildman–Crippen MR) is 147 cm³/mol. The van der Waals surface area contributed by atoms with Crippen LogP contribution in [0.5, 0.6) is 5.75 Å². The minimum Gasteiger partial charge on any atom is -0.497 e. The van der Waals surface area contributed by atoms with Gasteiger partial charge in [-0.15, -0.1) is 0 Å². The first-order chi connectivity index (χ1) is 18.4. The van der Waals surface area contributed by atoms with Crippen LogP contribution in [0.2, 0.25) is 0 Å². The molecule has 198 valence electrons. The van der Waals surface area contributed by atoms with Crippen molar-refractivity contribution in [1.82, 2.24) is 19.0 Å². The van der Waals surface area contributed by atoms with Crippen LogP contribution >= 0.6 is 0 Å². The molecule has 4 aromatic rings. The highest BCUT2D eigenvalue weighted by molar-refractivity contribution is 7.87. The molecule has 3 aromatic carbocycles. The fourth-order valence-electron chi connectivity index (χ4n) is 4.59. The van der Waals surface area contributed by atoms with Crippen molar-refractivity contribution in [2.75, 3.05) is 44.7 Å². The van der Waals surface area contributed by atoms with Crippen LogP contribution in [0, 0.1) is 5.82 Å². The number of nitrogens with zero attached hydrogens (tertiary/aromatic N) is 3. The summed E-state index contributed by atoms with van der Waals surface area (Å²) in [6.07, 6.45) is 0.402. The normalized spacial score (nSPS) is 14.5. The van der Waals surface area contributed by atoms with Crippen LogP contribution in [-0.2, 0) is 16.6 Å². The van der Waals surface area contributed by atoms with E-state index in [2.05, 4.69) is 9.71 Å². The average molecular weight is 536 g/mol. The van der Waals surface area contributed by atoms with Gasteiger partial charge in [0.05, 0.1) is 24.2 Å². The number of methoxy groups -OCH3 is 1. The maximum Gasteiger partial charge on any atom is 0.279 e. The number of ether oxygens (including phenoxy) is 1. The second-order valence-electron chi connectivity index (χ2n) is 8.99. The molecule has 0 aliphatic carbocycles. The van der Waals surface area contributed by atoms with Crippen LogP contribution in [0.15, 0.2) is 78.9 Å². The Kier molecular flexibility index (Phi) is 7.73. The molecule has 38 heavy (non-hydrogen) atoms. The summed E-state index contributed by atoms with van der Waals surface area (Å²) in [5, 5.41) is 0. The number of rotatable bonds is 9. The molecule has 0 spiro atoms. The lowest BCUT2D eigenvalue weighted by Crippen LogP contribution is -2.52. The fraction of sp³-hybridized carbons (Fsp3) is 0.250. The molecule has 1 aliphatic rings. The van der Waals surface area contributed by atoms with Gasteiger partial charge in [-0.1, -0.05) is 42.5 Å². The van der Waals surface area contributed by atoms with E-state index < -0.39 is 10.2 Å². The number of nitrogens with one attached hydrogen (secondary N) is 2. The molecule has 0 amide bonds. The molecule has 1 aromatic heterocycles. The number of anilines is 1. The van der Waals surface area contributed by atoms with Crippen LogP contribution in [0.3, 0.4) is 0 Å². The van der Waals surface area contributed by atoms with Crippen molar-refractivity contribution in [1.29, 1.82) is 0 Å². The summed E-state index contributed by atoms with van der Waals surface area (Å²) < 4.78 is 49.6. The highest BCUT2D eigenvalue weighted by Gasteiger charge is 2.27. The maximum atomic E-state index is 14.1. The summed E-state index contributed by atoms with van der Waals surface area (Å²) in [6.45, 7) is 1.59. The molecule has 2 N–H and O–H groups in total. The molecule has 0 radical (unpaired) electrons. The smallest absolute Gasteiger partial charge is 0.279 e. The van der Waals surface area contributed by atoms with E-state index in [1.807, 2.05) is 59.5 Å². The Morgan fingerprint density at radius 1 is 0.921 bits per heavy atom. The number of piperazine rings is 1. The second kappa shape index (κ2) is 11.3. The third kappa shape index (κ3) is 5.72.